The van der Waals surface area contributed by atoms with Gasteiger partial charge in [0.2, 0.25) is 0 Å². The minimum Gasteiger partial charge on any atom is -0.481 e. The molecule has 1 fully saturated rings. The normalized spacial score (nSPS) is 21.9. The van der Waals surface area contributed by atoms with E-state index in [9.17, 15) is 9.59 Å². The van der Waals surface area contributed by atoms with Crippen LogP contribution in [0.3, 0.4) is 0 Å². The molecule has 0 radical (unpaired) electrons. The molecule has 0 saturated carbocycles. The zero-order valence-corrected chi connectivity index (χ0v) is 12.2. The first-order chi connectivity index (χ1) is 10.1. The van der Waals surface area contributed by atoms with Gasteiger partial charge in [0.05, 0.1) is 0 Å². The Hall–Kier alpha value is -2.04. The van der Waals surface area contributed by atoms with Crippen LogP contribution in [0.25, 0.3) is 0 Å². The summed E-state index contributed by atoms with van der Waals surface area (Å²) in [5, 5.41) is 8.83. The molecular formula is C16H21NO4. The fourth-order valence-corrected chi connectivity index (χ4v) is 2.78. The fraction of sp³-hybridized carbons (Fsp3) is 0.500. The lowest BCUT2D eigenvalue weighted by Crippen LogP contribution is -2.45. The minimum absolute atomic E-state index is 0.0198. The summed E-state index contributed by atoms with van der Waals surface area (Å²) in [6.45, 7) is 2.77. The number of carboxylic acids is 1. The van der Waals surface area contributed by atoms with Crippen LogP contribution in [0.4, 0.5) is 4.79 Å². The molecule has 114 valence electrons. The molecule has 1 heterocycles. The second-order valence-electron chi connectivity index (χ2n) is 5.57. The minimum atomic E-state index is -0.771. The summed E-state index contributed by atoms with van der Waals surface area (Å²) in [5.41, 5.74) is 0.958. The highest BCUT2D eigenvalue weighted by Gasteiger charge is 2.30. The highest BCUT2D eigenvalue weighted by molar-refractivity contribution is 5.69. The van der Waals surface area contributed by atoms with Gasteiger partial charge in [-0.15, -0.1) is 0 Å². The maximum Gasteiger partial charge on any atom is 0.410 e. The number of amides is 1. The van der Waals surface area contributed by atoms with Gasteiger partial charge in [-0.3, -0.25) is 4.79 Å². The van der Waals surface area contributed by atoms with Crippen LogP contribution in [-0.2, 0) is 16.1 Å². The molecule has 0 spiro atoms. The maximum absolute atomic E-state index is 12.1. The van der Waals surface area contributed by atoms with E-state index in [2.05, 4.69) is 0 Å². The molecule has 1 aliphatic rings. The van der Waals surface area contributed by atoms with Gasteiger partial charge in [-0.2, -0.15) is 0 Å². The number of carboxylic acid groups (broad SMARTS) is 1. The molecule has 2 rings (SSSR count). The number of ether oxygens (including phenoxy) is 1. The number of hydrogen-bond donors (Lipinski definition) is 1. The third kappa shape index (κ3) is 4.48. The average molecular weight is 291 g/mol. The average Bonchev–Trinajstić information content (AvgIpc) is 2.45. The molecule has 0 bridgehead atoms. The molecule has 0 aliphatic carbocycles. The van der Waals surface area contributed by atoms with Gasteiger partial charge in [0.15, 0.2) is 0 Å². The van der Waals surface area contributed by atoms with E-state index in [0.29, 0.717) is 13.0 Å². The van der Waals surface area contributed by atoms with Crippen molar-refractivity contribution in [3.63, 3.8) is 0 Å². The molecule has 1 saturated heterocycles. The summed E-state index contributed by atoms with van der Waals surface area (Å²) in [7, 11) is 0. The molecule has 1 aromatic rings. The molecule has 2 atom stereocenters. The number of hydrogen-bond acceptors (Lipinski definition) is 3. The van der Waals surface area contributed by atoms with E-state index < -0.39 is 5.97 Å². The first kappa shape index (κ1) is 15.4. The largest absolute Gasteiger partial charge is 0.481 e. The first-order valence-electron chi connectivity index (χ1n) is 7.25. The van der Waals surface area contributed by atoms with Crippen molar-refractivity contribution in [2.45, 2.75) is 38.8 Å². The van der Waals surface area contributed by atoms with Crippen LogP contribution in [-0.4, -0.2) is 34.7 Å². The van der Waals surface area contributed by atoms with E-state index in [1.807, 2.05) is 37.3 Å². The Morgan fingerprint density at radius 3 is 2.67 bits per heavy atom. The van der Waals surface area contributed by atoms with E-state index in [0.717, 1.165) is 12.0 Å². The number of carbonyl (C=O) groups is 2. The van der Waals surface area contributed by atoms with Gasteiger partial charge >= 0.3 is 12.1 Å². The van der Waals surface area contributed by atoms with E-state index in [4.69, 9.17) is 9.84 Å². The lowest BCUT2D eigenvalue weighted by molar-refractivity contribution is -0.138. The smallest absolute Gasteiger partial charge is 0.410 e. The van der Waals surface area contributed by atoms with Gasteiger partial charge in [0.1, 0.15) is 6.61 Å². The highest BCUT2D eigenvalue weighted by atomic mass is 16.6. The molecule has 5 heteroatoms. The Morgan fingerprint density at radius 2 is 2.05 bits per heavy atom. The molecule has 2 unspecified atom stereocenters. The van der Waals surface area contributed by atoms with Gasteiger partial charge in [-0.05, 0) is 31.2 Å². The van der Waals surface area contributed by atoms with E-state index in [1.165, 1.54) is 0 Å². The fourth-order valence-electron chi connectivity index (χ4n) is 2.78. The lowest BCUT2D eigenvalue weighted by Gasteiger charge is -2.36. The van der Waals surface area contributed by atoms with Crippen molar-refractivity contribution < 1.29 is 19.4 Å². The molecule has 1 aromatic carbocycles. The molecule has 1 N–H and O–H groups in total. The van der Waals surface area contributed by atoms with Crippen LogP contribution in [0.5, 0.6) is 0 Å². The molecule has 1 amide bonds. The summed E-state index contributed by atoms with van der Waals surface area (Å²) >= 11 is 0. The monoisotopic (exact) mass is 291 g/mol. The zero-order valence-electron chi connectivity index (χ0n) is 12.2. The predicted molar refractivity (Wildman–Crippen MR) is 77.8 cm³/mol. The van der Waals surface area contributed by atoms with Gasteiger partial charge in [-0.25, -0.2) is 4.79 Å². The number of benzene rings is 1. The van der Waals surface area contributed by atoms with Crippen LogP contribution < -0.4 is 0 Å². The van der Waals surface area contributed by atoms with Crippen molar-refractivity contribution in [1.29, 1.82) is 0 Å². The molecular weight excluding hydrogens is 270 g/mol. The Kier molecular flexibility index (Phi) is 5.20. The predicted octanol–water partition coefficient (Wildman–Crippen LogP) is 2.90. The van der Waals surface area contributed by atoms with Crippen molar-refractivity contribution in [3.05, 3.63) is 35.9 Å². The number of carbonyl (C=O) groups excluding carboxylic acids is 1. The molecule has 0 aromatic heterocycles. The SMILES string of the molecule is CC1CC(CC(=O)O)CCN1C(=O)OCc1ccccc1. The van der Waals surface area contributed by atoms with Crippen molar-refractivity contribution in [3.8, 4) is 0 Å². The van der Waals surface area contributed by atoms with Crippen LogP contribution in [0.1, 0.15) is 31.7 Å². The summed E-state index contributed by atoms with van der Waals surface area (Å²) in [6.07, 6.45) is 1.29. The van der Waals surface area contributed by atoms with Crippen molar-refractivity contribution >= 4 is 12.1 Å². The van der Waals surface area contributed by atoms with Crippen molar-refractivity contribution in [1.82, 2.24) is 4.90 Å². The number of piperidine rings is 1. The van der Waals surface area contributed by atoms with Crippen molar-refractivity contribution in [2.75, 3.05) is 6.54 Å². The Morgan fingerprint density at radius 1 is 1.33 bits per heavy atom. The van der Waals surface area contributed by atoms with Gasteiger partial charge in [0, 0.05) is 19.0 Å². The standard InChI is InChI=1S/C16H21NO4/c1-12-9-14(10-15(18)19)7-8-17(12)16(20)21-11-13-5-3-2-4-6-13/h2-6,12,14H,7-11H2,1H3,(H,18,19). The van der Waals surface area contributed by atoms with E-state index >= 15 is 0 Å². The van der Waals surface area contributed by atoms with Crippen LogP contribution >= 0.6 is 0 Å². The summed E-state index contributed by atoms with van der Waals surface area (Å²) < 4.78 is 5.32. The quantitative estimate of drug-likeness (QED) is 0.926. The number of rotatable bonds is 4. The molecule has 5 nitrogen and oxygen atoms in total. The van der Waals surface area contributed by atoms with Crippen molar-refractivity contribution in [2.24, 2.45) is 5.92 Å². The third-order valence-corrected chi connectivity index (χ3v) is 3.89. The topological polar surface area (TPSA) is 66.8 Å². The number of nitrogens with zero attached hydrogens (tertiary/aromatic N) is 1. The Labute approximate surface area is 124 Å². The number of likely N-dealkylation sites (tertiary alicyclic amines) is 1. The lowest BCUT2D eigenvalue weighted by atomic mass is 9.89. The molecule has 21 heavy (non-hydrogen) atoms. The number of aliphatic carboxylic acids is 1. The Bertz CT molecular complexity index is 488. The second-order valence-corrected chi connectivity index (χ2v) is 5.57. The van der Waals surface area contributed by atoms with Crippen LogP contribution in [0, 0.1) is 5.92 Å². The summed E-state index contributed by atoms with van der Waals surface area (Å²) in [4.78, 5) is 24.5. The van der Waals surface area contributed by atoms with Gasteiger partial charge < -0.3 is 14.7 Å². The van der Waals surface area contributed by atoms with Gasteiger partial charge in [-0.1, -0.05) is 30.3 Å². The Balaban J connectivity index is 1.82. The second kappa shape index (κ2) is 7.11. The highest BCUT2D eigenvalue weighted by Crippen LogP contribution is 2.26. The third-order valence-electron chi connectivity index (χ3n) is 3.89. The van der Waals surface area contributed by atoms with E-state index in [1.54, 1.807) is 4.90 Å². The van der Waals surface area contributed by atoms with Crippen LogP contribution in [0.15, 0.2) is 30.3 Å². The van der Waals surface area contributed by atoms with Crippen LogP contribution in [0.2, 0.25) is 0 Å². The van der Waals surface area contributed by atoms with Gasteiger partial charge in [0.25, 0.3) is 0 Å². The first-order valence-corrected chi connectivity index (χ1v) is 7.25. The summed E-state index contributed by atoms with van der Waals surface area (Å²) in [6, 6.07) is 9.57. The summed E-state index contributed by atoms with van der Waals surface area (Å²) in [5.74, 6) is -0.622. The maximum atomic E-state index is 12.1. The molecule has 1 aliphatic heterocycles. The zero-order chi connectivity index (χ0) is 15.2. The van der Waals surface area contributed by atoms with E-state index in [-0.39, 0.29) is 31.1 Å².